The molecule has 0 nitrogen and oxygen atoms in total. The molecule has 0 N–H and O–H groups in total. The summed E-state index contributed by atoms with van der Waals surface area (Å²) in [7, 11) is 0. The first-order chi connectivity index (χ1) is 7.83. The number of hydrogen-bond donors (Lipinski definition) is 0. The van der Waals surface area contributed by atoms with E-state index in [2.05, 4.69) is 56.8 Å². The normalized spacial score (nSPS) is 9.62. The van der Waals surface area contributed by atoms with Crippen molar-refractivity contribution in [1.82, 2.24) is 0 Å². The van der Waals surface area contributed by atoms with Gasteiger partial charge in [-0.15, -0.1) is 0 Å². The van der Waals surface area contributed by atoms with Gasteiger partial charge in [-0.2, -0.15) is 0 Å². The van der Waals surface area contributed by atoms with Crippen LogP contribution in [0, 0.1) is 9.64 Å². The molecule has 1 aromatic carbocycles. The van der Waals surface area contributed by atoms with Crippen LogP contribution in [0.25, 0.3) is 0 Å². The van der Waals surface area contributed by atoms with Gasteiger partial charge in [0.25, 0.3) is 0 Å². The van der Waals surface area contributed by atoms with E-state index < -0.39 is 0 Å². The molecule has 3 heteroatoms. The Morgan fingerprint density at radius 1 is 1.12 bits per heavy atom. The van der Waals surface area contributed by atoms with Gasteiger partial charge in [0, 0.05) is 0 Å². The fourth-order valence-electron chi connectivity index (χ4n) is 1.09. The average molecular weight is 409 g/mol. The molecule has 0 unspecified atom stereocenters. The van der Waals surface area contributed by atoms with Crippen molar-refractivity contribution in [2.75, 3.05) is 0 Å². The van der Waals surface area contributed by atoms with Crippen LogP contribution in [0.15, 0.2) is 28.7 Å². The second kappa shape index (κ2) is 9.34. The molecule has 0 spiro atoms. The Balaban J connectivity index is 2.19. The molecule has 0 radical (unpaired) electrons. The Bertz CT molecular complexity index is 348. The molecule has 0 atom stereocenters. The second-order valence-electron chi connectivity index (χ2n) is 3.32. The molecule has 0 aromatic heterocycles. The molecule has 0 heterocycles. The van der Waals surface area contributed by atoms with Crippen molar-refractivity contribution in [2.45, 2.75) is 31.5 Å². The zero-order chi connectivity index (χ0) is 11.6. The predicted octanol–water partition coefficient (Wildman–Crippen LogP) is 3.01. The molecule has 0 bridgehead atoms. The minimum absolute atomic E-state index is 0.340. The molecule has 0 saturated heterocycles. The Morgan fingerprint density at radius 3 is 2.56 bits per heavy atom. The molecule has 1 aromatic rings. The summed E-state index contributed by atoms with van der Waals surface area (Å²) in [6, 6.07) is 8.49. The van der Waals surface area contributed by atoms with Gasteiger partial charge in [0.2, 0.25) is 0 Å². The van der Waals surface area contributed by atoms with Gasteiger partial charge in [0.05, 0.1) is 0 Å². The van der Waals surface area contributed by atoms with Crippen LogP contribution in [0.4, 0.5) is 0 Å². The van der Waals surface area contributed by atoms with Crippen molar-refractivity contribution in [1.29, 1.82) is 0 Å². The van der Waals surface area contributed by atoms with Crippen LogP contribution in [0.2, 0.25) is 5.32 Å². The number of unbranched alkanes of at least 4 members (excludes halogenated alkanes) is 2. The van der Waals surface area contributed by atoms with Gasteiger partial charge in [0.15, 0.2) is 0 Å². The van der Waals surface area contributed by atoms with E-state index in [1.807, 2.05) is 0 Å². The number of halogens is 1. The number of rotatable bonds is 5. The second-order valence-corrected chi connectivity index (χ2v) is 7.97. The van der Waals surface area contributed by atoms with E-state index in [4.69, 9.17) is 0 Å². The maximum atomic E-state index is 3.44. The first-order valence-corrected chi connectivity index (χ1v) is 9.94. The molecule has 16 heavy (non-hydrogen) atoms. The van der Waals surface area contributed by atoms with Gasteiger partial charge in [-0.3, -0.25) is 0 Å². The summed E-state index contributed by atoms with van der Waals surface area (Å²) in [6.07, 6.45) is 4.03. The first kappa shape index (κ1) is 14.4. The van der Waals surface area contributed by atoms with Gasteiger partial charge in [-0.05, 0) is 0 Å². The molecule has 0 aliphatic rings. The summed E-state index contributed by atoms with van der Waals surface area (Å²) in [4.78, 5) is 6.66. The van der Waals surface area contributed by atoms with Crippen LogP contribution in [0.1, 0.15) is 26.2 Å². The summed E-state index contributed by atoms with van der Waals surface area (Å²) in [6.45, 7) is 2.25. The Morgan fingerprint density at radius 2 is 1.88 bits per heavy atom. The van der Waals surface area contributed by atoms with Crippen LogP contribution in [0.3, 0.4) is 0 Å². The van der Waals surface area contributed by atoms with Crippen LogP contribution in [0.5, 0.6) is 0 Å². The van der Waals surface area contributed by atoms with Crippen molar-refractivity contribution in [3.8, 4) is 9.64 Å². The van der Waals surface area contributed by atoms with Crippen LogP contribution < -0.4 is 4.46 Å². The van der Waals surface area contributed by atoms with Crippen LogP contribution in [-0.4, -0.2) is 29.9 Å². The van der Waals surface area contributed by atoms with Gasteiger partial charge < -0.3 is 0 Å². The van der Waals surface area contributed by atoms with Gasteiger partial charge in [-0.1, -0.05) is 0 Å². The Labute approximate surface area is 119 Å². The van der Waals surface area contributed by atoms with Gasteiger partial charge in [0.1, 0.15) is 0 Å². The van der Waals surface area contributed by atoms with E-state index in [0.717, 1.165) is 4.47 Å². The predicted molar refractivity (Wildman–Crippen MR) is 77.4 cm³/mol. The maximum absolute atomic E-state index is 3.44. The SMILES string of the molecule is CCCCC[Se]C#C[Se]c1ccc(Br)cc1. The quantitative estimate of drug-likeness (QED) is 0.399. The van der Waals surface area contributed by atoms with E-state index in [1.54, 1.807) is 0 Å². The molecular weight excluding hydrogens is 394 g/mol. The zero-order valence-electron chi connectivity index (χ0n) is 9.33. The van der Waals surface area contributed by atoms with Crippen molar-refractivity contribution < 1.29 is 0 Å². The molecule has 86 valence electrons. The molecule has 1 rings (SSSR count). The van der Waals surface area contributed by atoms with E-state index in [-0.39, 0.29) is 0 Å². The van der Waals surface area contributed by atoms with Crippen LogP contribution in [-0.2, 0) is 0 Å². The topological polar surface area (TPSA) is 0 Å². The average Bonchev–Trinajstić information content (AvgIpc) is 2.30. The van der Waals surface area contributed by atoms with Crippen molar-refractivity contribution in [3.63, 3.8) is 0 Å². The minimum atomic E-state index is 0.340. The monoisotopic (exact) mass is 410 g/mol. The van der Waals surface area contributed by atoms with Gasteiger partial charge >= 0.3 is 120 Å². The van der Waals surface area contributed by atoms with E-state index in [0.29, 0.717) is 29.9 Å². The fraction of sp³-hybridized carbons (Fsp3) is 0.385. The zero-order valence-corrected chi connectivity index (χ0v) is 14.3. The molecular formula is C13H15BrSe2. The Hall–Kier alpha value is 0.299. The first-order valence-electron chi connectivity index (χ1n) is 5.37. The van der Waals surface area contributed by atoms with Crippen molar-refractivity contribution >= 4 is 50.3 Å². The third kappa shape index (κ3) is 6.79. The standard InChI is InChI=1S/C13H15BrSe2/c1-2-3-4-9-15-10-11-16-13-7-5-12(14)6-8-13/h5-8H,2-4,9H2,1H3. The summed E-state index contributed by atoms with van der Waals surface area (Å²) in [5.74, 6) is 0. The number of hydrogen-bond acceptors (Lipinski definition) is 0. The van der Waals surface area contributed by atoms with Gasteiger partial charge in [-0.25, -0.2) is 0 Å². The molecule has 0 saturated carbocycles. The molecule has 0 fully saturated rings. The summed E-state index contributed by atoms with van der Waals surface area (Å²) < 4.78 is 2.51. The van der Waals surface area contributed by atoms with Crippen LogP contribution >= 0.6 is 15.9 Å². The molecule has 0 aliphatic heterocycles. The summed E-state index contributed by atoms with van der Waals surface area (Å²) >= 11 is 4.32. The Kier molecular flexibility index (Phi) is 8.38. The summed E-state index contributed by atoms with van der Waals surface area (Å²) in [5.41, 5.74) is 0. The fourth-order valence-corrected chi connectivity index (χ4v) is 4.42. The van der Waals surface area contributed by atoms with E-state index >= 15 is 0 Å². The van der Waals surface area contributed by atoms with E-state index in [9.17, 15) is 0 Å². The summed E-state index contributed by atoms with van der Waals surface area (Å²) in [5, 5.41) is 1.32. The molecule has 0 aliphatic carbocycles. The molecule has 0 amide bonds. The van der Waals surface area contributed by atoms with E-state index in [1.165, 1.54) is 29.0 Å². The van der Waals surface area contributed by atoms with Crippen molar-refractivity contribution in [2.24, 2.45) is 0 Å². The third-order valence-corrected chi connectivity index (χ3v) is 6.17. The third-order valence-electron chi connectivity index (χ3n) is 1.95. The number of benzene rings is 1. The van der Waals surface area contributed by atoms with Crippen molar-refractivity contribution in [3.05, 3.63) is 28.7 Å².